The molecule has 0 aliphatic rings. The SMILES string of the molecule is CCCCc1cc(C)ccc1P(O)(O)(O)c1ccc(C)cc1. The number of hydrogen-bond donors (Lipinski definition) is 3. The number of benzene rings is 2. The van der Waals surface area contributed by atoms with E-state index in [1.54, 1.807) is 30.3 Å². The van der Waals surface area contributed by atoms with Gasteiger partial charge in [-0.05, 0) is 0 Å². The van der Waals surface area contributed by atoms with Crippen molar-refractivity contribution in [2.24, 2.45) is 0 Å². The van der Waals surface area contributed by atoms with Gasteiger partial charge in [-0.3, -0.25) is 0 Å². The molecular weight excluding hydrogens is 295 g/mol. The van der Waals surface area contributed by atoms with E-state index >= 15 is 0 Å². The Labute approximate surface area is 132 Å². The Morgan fingerprint density at radius 3 is 2.05 bits per heavy atom. The topological polar surface area (TPSA) is 60.7 Å². The van der Waals surface area contributed by atoms with Crippen LogP contribution in [0.4, 0.5) is 0 Å². The molecule has 120 valence electrons. The summed E-state index contributed by atoms with van der Waals surface area (Å²) in [7, 11) is -5.08. The van der Waals surface area contributed by atoms with E-state index in [-0.39, 0.29) is 10.6 Å². The number of unbranched alkanes of at least 4 members (excludes halogenated alkanes) is 1. The zero-order chi connectivity index (χ0) is 16.4. The molecule has 3 N–H and O–H groups in total. The number of rotatable bonds is 5. The third kappa shape index (κ3) is 3.39. The maximum absolute atomic E-state index is 10.8. The first-order chi connectivity index (χ1) is 10.2. The zero-order valence-electron chi connectivity index (χ0n) is 13.5. The van der Waals surface area contributed by atoms with Crippen LogP contribution in [0.2, 0.25) is 0 Å². The van der Waals surface area contributed by atoms with Gasteiger partial charge in [0.15, 0.2) is 0 Å². The van der Waals surface area contributed by atoms with Crippen molar-refractivity contribution < 1.29 is 14.7 Å². The summed E-state index contributed by atoms with van der Waals surface area (Å²) in [5.74, 6) is 0. The average molecular weight is 320 g/mol. The summed E-state index contributed by atoms with van der Waals surface area (Å²) in [5, 5.41) is 0.437. The van der Waals surface area contributed by atoms with Gasteiger partial charge in [0.05, 0.1) is 0 Å². The molecule has 3 nitrogen and oxygen atoms in total. The molecule has 0 aromatic heterocycles. The van der Waals surface area contributed by atoms with E-state index in [0.29, 0.717) is 0 Å². The first kappa shape index (κ1) is 17.1. The fourth-order valence-electron chi connectivity index (χ4n) is 2.64. The number of aryl methyl sites for hydroxylation is 3. The Morgan fingerprint density at radius 2 is 1.45 bits per heavy atom. The fourth-order valence-corrected chi connectivity index (χ4v) is 4.67. The monoisotopic (exact) mass is 320 g/mol. The molecule has 0 spiro atoms. The van der Waals surface area contributed by atoms with Gasteiger partial charge >= 0.3 is 132 Å². The third-order valence-electron chi connectivity index (χ3n) is 3.99. The second kappa shape index (κ2) is 6.10. The second-order valence-corrected chi connectivity index (χ2v) is 9.01. The fraction of sp³-hybridized carbons (Fsp3) is 0.333. The first-order valence-corrected chi connectivity index (χ1v) is 9.76. The summed E-state index contributed by atoms with van der Waals surface area (Å²) in [6.45, 7) is 5.97. The molecule has 0 heterocycles. The average Bonchev–Trinajstić information content (AvgIpc) is 2.44. The van der Waals surface area contributed by atoms with E-state index in [1.807, 2.05) is 26.0 Å². The van der Waals surface area contributed by atoms with E-state index in [9.17, 15) is 14.7 Å². The molecule has 2 aromatic rings. The normalized spacial score (nSPS) is 13.6. The molecule has 0 bridgehead atoms. The van der Waals surface area contributed by atoms with Crippen LogP contribution in [0.25, 0.3) is 0 Å². The Kier molecular flexibility index (Phi) is 4.74. The van der Waals surface area contributed by atoms with E-state index < -0.39 is 7.28 Å². The molecule has 0 amide bonds. The molecule has 0 atom stereocenters. The standard InChI is InChI=1S/C18H25O3P/c1-4-5-6-16-13-15(3)9-12-18(16)22(19,20,21)17-10-7-14(2)8-11-17/h7-13,19-21H,4-6H2,1-3H3. The Hall–Kier alpha value is -1.25. The number of hydrogen-bond acceptors (Lipinski definition) is 3. The van der Waals surface area contributed by atoms with Crippen molar-refractivity contribution in [3.05, 3.63) is 59.2 Å². The van der Waals surface area contributed by atoms with Crippen LogP contribution in [0, 0.1) is 13.8 Å². The molecule has 0 saturated heterocycles. The molecule has 2 aromatic carbocycles. The van der Waals surface area contributed by atoms with Crippen LogP contribution in [0.1, 0.15) is 36.5 Å². The van der Waals surface area contributed by atoms with Gasteiger partial charge in [0.25, 0.3) is 0 Å². The second-order valence-electron chi connectivity index (χ2n) is 6.05. The van der Waals surface area contributed by atoms with Gasteiger partial charge in [-0.1, -0.05) is 0 Å². The summed E-state index contributed by atoms with van der Waals surface area (Å²) >= 11 is 0. The van der Waals surface area contributed by atoms with Crippen molar-refractivity contribution in [3.8, 4) is 0 Å². The van der Waals surface area contributed by atoms with E-state index in [4.69, 9.17) is 0 Å². The van der Waals surface area contributed by atoms with Gasteiger partial charge in [0.1, 0.15) is 0 Å². The van der Waals surface area contributed by atoms with Gasteiger partial charge in [-0.15, -0.1) is 0 Å². The summed E-state index contributed by atoms with van der Waals surface area (Å²) in [6, 6.07) is 12.1. The molecule has 22 heavy (non-hydrogen) atoms. The first-order valence-electron chi connectivity index (χ1n) is 7.67. The van der Waals surface area contributed by atoms with Crippen molar-refractivity contribution in [3.63, 3.8) is 0 Å². The molecule has 0 radical (unpaired) electrons. The van der Waals surface area contributed by atoms with Crippen molar-refractivity contribution >= 4 is 17.9 Å². The molecule has 2 rings (SSSR count). The maximum atomic E-state index is 10.8. The zero-order valence-corrected chi connectivity index (χ0v) is 14.3. The van der Waals surface area contributed by atoms with Crippen LogP contribution < -0.4 is 10.6 Å². The van der Waals surface area contributed by atoms with Crippen LogP contribution in [-0.4, -0.2) is 14.7 Å². The molecule has 0 fully saturated rings. The summed E-state index contributed by atoms with van der Waals surface area (Å²) in [5.41, 5.74) is 2.86. The van der Waals surface area contributed by atoms with Crippen LogP contribution in [0.15, 0.2) is 42.5 Å². The third-order valence-corrected chi connectivity index (χ3v) is 6.56. The Balaban J connectivity index is 2.58. The Bertz CT molecular complexity index is 654. The van der Waals surface area contributed by atoms with Crippen LogP contribution in [0.3, 0.4) is 0 Å². The molecule has 0 saturated carbocycles. The van der Waals surface area contributed by atoms with E-state index in [2.05, 4.69) is 6.92 Å². The van der Waals surface area contributed by atoms with Crippen molar-refractivity contribution in [1.82, 2.24) is 0 Å². The molecule has 0 unspecified atom stereocenters. The van der Waals surface area contributed by atoms with Crippen molar-refractivity contribution in [1.29, 1.82) is 0 Å². The minimum absolute atomic E-state index is 0.179. The summed E-state index contributed by atoms with van der Waals surface area (Å²) in [4.78, 5) is 32.5. The minimum atomic E-state index is -5.08. The van der Waals surface area contributed by atoms with Crippen molar-refractivity contribution in [2.75, 3.05) is 0 Å². The summed E-state index contributed by atoms with van der Waals surface area (Å²) < 4.78 is 0. The van der Waals surface area contributed by atoms with Gasteiger partial charge in [0, 0.05) is 0 Å². The van der Waals surface area contributed by atoms with Crippen LogP contribution in [-0.2, 0) is 6.42 Å². The van der Waals surface area contributed by atoms with Crippen LogP contribution >= 0.6 is 7.28 Å². The predicted octanol–water partition coefficient (Wildman–Crippen LogP) is 2.87. The van der Waals surface area contributed by atoms with Gasteiger partial charge in [-0.25, -0.2) is 0 Å². The van der Waals surface area contributed by atoms with Gasteiger partial charge in [0.2, 0.25) is 0 Å². The van der Waals surface area contributed by atoms with Crippen molar-refractivity contribution in [2.45, 2.75) is 40.0 Å². The quantitative estimate of drug-likeness (QED) is 0.743. The predicted molar refractivity (Wildman–Crippen MR) is 93.8 cm³/mol. The Morgan fingerprint density at radius 1 is 0.864 bits per heavy atom. The summed E-state index contributed by atoms with van der Waals surface area (Å²) in [6.07, 6.45) is 2.67. The van der Waals surface area contributed by atoms with Gasteiger partial charge in [-0.2, -0.15) is 0 Å². The molecule has 4 heteroatoms. The van der Waals surface area contributed by atoms with E-state index in [0.717, 1.165) is 36.0 Å². The molecular formula is C18H25O3P. The van der Waals surface area contributed by atoms with E-state index in [1.165, 1.54) is 0 Å². The molecule has 0 aliphatic carbocycles. The van der Waals surface area contributed by atoms with Gasteiger partial charge < -0.3 is 0 Å². The molecule has 0 aliphatic heterocycles. The van der Waals surface area contributed by atoms with Crippen LogP contribution in [0.5, 0.6) is 0 Å².